The summed E-state index contributed by atoms with van der Waals surface area (Å²) in [7, 11) is -1.17. The van der Waals surface area contributed by atoms with Crippen LogP contribution in [-0.2, 0) is 22.3 Å². The minimum Gasteiger partial charge on any atom is -0.269 e. The Balaban J connectivity index is 1.48. The largest absolute Gasteiger partial charge is 0.269 e. The van der Waals surface area contributed by atoms with Crippen LogP contribution in [-0.4, -0.2) is 13.6 Å². The fourth-order valence-corrected chi connectivity index (χ4v) is 4.33. The van der Waals surface area contributed by atoms with Crippen molar-refractivity contribution in [3.05, 3.63) is 106 Å². The van der Waals surface area contributed by atoms with Gasteiger partial charge in [-0.3, -0.25) is 13.4 Å². The van der Waals surface area contributed by atoms with Crippen molar-refractivity contribution in [2.24, 2.45) is 0 Å². The molecule has 0 aliphatic carbocycles. The molecular formula is C22H17ClN2O2S. The molecule has 0 radical (unpaired) electrons. The first-order valence-electron chi connectivity index (χ1n) is 8.76. The molecule has 0 fully saturated rings. The third-order valence-corrected chi connectivity index (χ3v) is 5.87. The van der Waals surface area contributed by atoms with Crippen LogP contribution in [0.1, 0.15) is 11.3 Å². The lowest BCUT2D eigenvalue weighted by molar-refractivity contribution is 0.681. The van der Waals surface area contributed by atoms with E-state index in [1.165, 1.54) is 16.7 Å². The van der Waals surface area contributed by atoms with Crippen molar-refractivity contribution < 1.29 is 4.21 Å². The van der Waals surface area contributed by atoms with Gasteiger partial charge in [0, 0.05) is 28.8 Å². The maximum absolute atomic E-state index is 12.6. The van der Waals surface area contributed by atoms with E-state index < -0.39 is 10.8 Å². The summed E-state index contributed by atoms with van der Waals surface area (Å²) in [6.07, 6.45) is 1.53. The maximum atomic E-state index is 12.6. The average molecular weight is 409 g/mol. The van der Waals surface area contributed by atoms with Crippen LogP contribution < -0.4 is 5.56 Å². The number of nitrogens with zero attached hydrogens (tertiary/aromatic N) is 2. The number of pyridine rings is 1. The van der Waals surface area contributed by atoms with E-state index in [0.29, 0.717) is 22.1 Å². The molecule has 4 rings (SSSR count). The number of hydrogen-bond donors (Lipinski definition) is 0. The Labute approximate surface area is 169 Å². The molecule has 28 heavy (non-hydrogen) atoms. The lowest BCUT2D eigenvalue weighted by atomic mass is 10.0. The summed E-state index contributed by atoms with van der Waals surface area (Å²) in [4.78, 5) is 16.7. The minimum atomic E-state index is -1.17. The second kappa shape index (κ2) is 8.09. The molecule has 0 saturated carbocycles. The second-order valence-electron chi connectivity index (χ2n) is 6.45. The predicted octanol–water partition coefficient (Wildman–Crippen LogP) is 4.46. The number of aromatic nitrogens is 2. The van der Waals surface area contributed by atoms with Crippen LogP contribution in [0.4, 0.5) is 0 Å². The molecular weight excluding hydrogens is 392 g/mol. The lowest BCUT2D eigenvalue weighted by Gasteiger charge is -2.06. The third kappa shape index (κ3) is 4.21. The van der Waals surface area contributed by atoms with Crippen molar-refractivity contribution >= 4 is 28.0 Å². The van der Waals surface area contributed by atoms with Gasteiger partial charge in [0.05, 0.1) is 16.5 Å². The molecule has 2 heterocycles. The van der Waals surface area contributed by atoms with E-state index >= 15 is 0 Å². The second-order valence-corrected chi connectivity index (χ2v) is 8.35. The molecule has 6 heteroatoms. The summed E-state index contributed by atoms with van der Waals surface area (Å²) < 4.78 is 14.0. The first-order valence-corrected chi connectivity index (χ1v) is 10.6. The topological polar surface area (TPSA) is 51.4 Å². The molecule has 4 aromatic rings. The Morgan fingerprint density at radius 1 is 0.893 bits per heavy atom. The highest BCUT2D eigenvalue weighted by Crippen LogP contribution is 2.20. The Hall–Kier alpha value is -2.76. The third-order valence-electron chi connectivity index (χ3n) is 4.37. The fraction of sp³-hybridized carbons (Fsp3) is 0.0909. The molecule has 0 saturated heterocycles. The number of rotatable bonds is 5. The molecule has 0 spiro atoms. The maximum Gasteiger partial charge on any atom is 0.258 e. The summed E-state index contributed by atoms with van der Waals surface area (Å²) >= 11 is 5.92. The molecule has 0 N–H and O–H groups in total. The monoisotopic (exact) mass is 408 g/mol. The Kier molecular flexibility index (Phi) is 5.37. The van der Waals surface area contributed by atoms with Crippen LogP contribution in [0.5, 0.6) is 0 Å². The summed E-state index contributed by atoms with van der Waals surface area (Å²) in [5.74, 6) is 0.644. The Morgan fingerprint density at radius 2 is 1.61 bits per heavy atom. The number of benzene rings is 2. The van der Waals surface area contributed by atoms with E-state index in [-0.39, 0.29) is 11.3 Å². The Bertz CT molecular complexity index is 1200. The van der Waals surface area contributed by atoms with Crippen molar-refractivity contribution in [1.82, 2.24) is 9.38 Å². The highest BCUT2D eigenvalue weighted by molar-refractivity contribution is 7.83. The minimum absolute atomic E-state index is 0.230. The predicted molar refractivity (Wildman–Crippen MR) is 114 cm³/mol. The zero-order valence-corrected chi connectivity index (χ0v) is 16.5. The highest BCUT2D eigenvalue weighted by atomic mass is 35.5. The SMILES string of the molecule is O=c1cc(CS(=O)Cc2ccc(-c3ccccc3)cc2)nc2ccc(Cl)cn12. The van der Waals surface area contributed by atoms with Crippen LogP contribution in [0.3, 0.4) is 0 Å². The lowest BCUT2D eigenvalue weighted by Crippen LogP contribution is -2.16. The highest BCUT2D eigenvalue weighted by Gasteiger charge is 2.08. The Morgan fingerprint density at radius 3 is 2.36 bits per heavy atom. The van der Waals surface area contributed by atoms with Crippen molar-refractivity contribution in [3.8, 4) is 11.1 Å². The van der Waals surface area contributed by atoms with Crippen molar-refractivity contribution in [2.45, 2.75) is 11.5 Å². The molecule has 2 aromatic carbocycles. The van der Waals surface area contributed by atoms with Crippen LogP contribution in [0.15, 0.2) is 83.8 Å². The van der Waals surface area contributed by atoms with Crippen LogP contribution in [0, 0.1) is 0 Å². The molecule has 0 amide bonds. The van der Waals surface area contributed by atoms with Gasteiger partial charge in [0.1, 0.15) is 5.65 Å². The van der Waals surface area contributed by atoms with Gasteiger partial charge in [-0.15, -0.1) is 0 Å². The van der Waals surface area contributed by atoms with Gasteiger partial charge in [-0.25, -0.2) is 4.98 Å². The van der Waals surface area contributed by atoms with Gasteiger partial charge in [-0.1, -0.05) is 66.2 Å². The van der Waals surface area contributed by atoms with E-state index in [0.717, 1.165) is 16.7 Å². The van der Waals surface area contributed by atoms with E-state index in [2.05, 4.69) is 17.1 Å². The van der Waals surface area contributed by atoms with Crippen LogP contribution in [0.25, 0.3) is 16.8 Å². The van der Waals surface area contributed by atoms with Gasteiger partial charge < -0.3 is 0 Å². The smallest absolute Gasteiger partial charge is 0.258 e. The van der Waals surface area contributed by atoms with E-state index in [9.17, 15) is 9.00 Å². The van der Waals surface area contributed by atoms with Gasteiger partial charge in [0.25, 0.3) is 5.56 Å². The summed E-state index contributed by atoms with van der Waals surface area (Å²) in [5.41, 5.74) is 4.05. The zero-order valence-electron chi connectivity index (χ0n) is 14.9. The van der Waals surface area contributed by atoms with Gasteiger partial charge in [0.2, 0.25) is 0 Å². The average Bonchev–Trinajstić information content (AvgIpc) is 2.70. The normalized spacial score (nSPS) is 12.2. The summed E-state index contributed by atoms with van der Waals surface area (Å²) in [6.45, 7) is 0. The molecule has 0 bridgehead atoms. The van der Waals surface area contributed by atoms with Gasteiger partial charge in [-0.05, 0) is 28.8 Å². The van der Waals surface area contributed by atoms with E-state index in [1.807, 2.05) is 42.5 Å². The quantitative estimate of drug-likeness (QED) is 0.489. The molecule has 140 valence electrons. The van der Waals surface area contributed by atoms with E-state index in [1.54, 1.807) is 12.1 Å². The molecule has 4 nitrogen and oxygen atoms in total. The molecule has 0 aliphatic rings. The number of halogens is 1. The van der Waals surface area contributed by atoms with Crippen molar-refractivity contribution in [1.29, 1.82) is 0 Å². The first kappa shape index (κ1) is 18.6. The standard InChI is InChI=1S/C22H17ClN2O2S/c23-19-10-11-21-24-20(12-22(26)25(21)13-19)15-28(27)14-16-6-8-18(9-7-16)17-4-2-1-3-5-17/h1-13H,14-15H2. The van der Waals surface area contributed by atoms with Crippen molar-refractivity contribution in [3.63, 3.8) is 0 Å². The zero-order chi connectivity index (χ0) is 19.5. The molecule has 1 unspecified atom stereocenters. The number of hydrogen-bond acceptors (Lipinski definition) is 3. The van der Waals surface area contributed by atoms with Gasteiger partial charge in [-0.2, -0.15) is 0 Å². The van der Waals surface area contributed by atoms with Gasteiger partial charge in [0.15, 0.2) is 0 Å². The first-order chi connectivity index (χ1) is 13.6. The molecule has 0 aliphatic heterocycles. The van der Waals surface area contributed by atoms with E-state index in [4.69, 9.17) is 11.6 Å². The number of fused-ring (bicyclic) bond motifs is 1. The summed E-state index contributed by atoms with van der Waals surface area (Å²) in [6, 6.07) is 22.9. The fourth-order valence-electron chi connectivity index (χ4n) is 3.03. The molecule has 2 aromatic heterocycles. The van der Waals surface area contributed by atoms with Crippen molar-refractivity contribution in [2.75, 3.05) is 0 Å². The molecule has 1 atom stereocenters. The summed E-state index contributed by atoms with van der Waals surface area (Å²) in [5, 5.41) is 0.465. The van der Waals surface area contributed by atoms with Crippen LogP contribution >= 0.6 is 11.6 Å². The van der Waals surface area contributed by atoms with Gasteiger partial charge >= 0.3 is 0 Å². The van der Waals surface area contributed by atoms with Crippen LogP contribution in [0.2, 0.25) is 5.02 Å².